The fourth-order valence-electron chi connectivity index (χ4n) is 1.11. The third kappa shape index (κ3) is 4.05. The van der Waals surface area contributed by atoms with Crippen LogP contribution in [0.4, 0.5) is 0 Å². The lowest BCUT2D eigenvalue weighted by Gasteiger charge is -2.37. The van der Waals surface area contributed by atoms with Gasteiger partial charge in [0.05, 0.1) is 0 Å². The highest BCUT2D eigenvalue weighted by Gasteiger charge is 2.45. The summed E-state index contributed by atoms with van der Waals surface area (Å²) in [6, 6.07) is 0. The number of carboxylic acids is 2. The minimum atomic E-state index is -1.49. The molecule has 0 aliphatic heterocycles. The second kappa shape index (κ2) is 5.32. The summed E-state index contributed by atoms with van der Waals surface area (Å²) in [4.78, 5) is 21.3. The van der Waals surface area contributed by atoms with E-state index in [1.165, 1.54) is 0 Å². The Morgan fingerprint density at radius 2 is 1.60 bits per heavy atom. The van der Waals surface area contributed by atoms with Gasteiger partial charge in [-0.25, -0.2) is 0 Å². The molecule has 0 rings (SSSR count). The first-order valence-electron chi connectivity index (χ1n) is 4.35. The van der Waals surface area contributed by atoms with E-state index in [1.807, 2.05) is 0 Å². The van der Waals surface area contributed by atoms with Crippen molar-refractivity contribution >= 4 is 24.3 Å². The van der Waals surface area contributed by atoms with Gasteiger partial charge < -0.3 is 15.9 Å². The molecule has 0 aromatic carbocycles. The second-order valence-electron chi connectivity index (χ2n) is 4.42. The van der Waals surface area contributed by atoms with Crippen molar-refractivity contribution in [2.24, 2.45) is 11.1 Å². The van der Waals surface area contributed by atoms with Crippen LogP contribution in [-0.2, 0) is 9.59 Å². The minimum absolute atomic E-state index is 0. The van der Waals surface area contributed by atoms with E-state index in [1.54, 1.807) is 20.8 Å². The molecule has 15 heavy (non-hydrogen) atoms. The molecule has 0 unspecified atom stereocenters. The van der Waals surface area contributed by atoms with E-state index in [0.29, 0.717) is 0 Å². The fraction of sp³-hybridized carbons (Fsp3) is 0.778. The molecule has 0 amide bonds. The fourth-order valence-corrected chi connectivity index (χ4v) is 1.11. The Labute approximate surface area is 95.1 Å². The predicted octanol–water partition coefficient (Wildman–Crippen LogP) is 1.10. The van der Waals surface area contributed by atoms with Crippen LogP contribution < -0.4 is 5.73 Å². The summed E-state index contributed by atoms with van der Waals surface area (Å²) in [5.74, 6) is -2.20. The molecule has 0 heterocycles. The van der Waals surface area contributed by atoms with Crippen LogP contribution in [0.5, 0.6) is 0 Å². The zero-order valence-corrected chi connectivity index (χ0v) is 9.93. The molecule has 1 atom stereocenters. The molecule has 0 aliphatic rings. The maximum Gasteiger partial charge on any atom is 0.324 e. The van der Waals surface area contributed by atoms with Crippen molar-refractivity contribution < 1.29 is 19.8 Å². The Kier molecular flexibility index (Phi) is 5.89. The van der Waals surface area contributed by atoms with Crippen LogP contribution in [0, 0.1) is 5.41 Å². The molecule has 0 spiro atoms. The molecule has 0 fully saturated rings. The summed E-state index contributed by atoms with van der Waals surface area (Å²) in [5.41, 5.74) is 3.54. The molecule has 90 valence electrons. The minimum Gasteiger partial charge on any atom is -0.481 e. The zero-order valence-electron chi connectivity index (χ0n) is 9.11. The standard InChI is InChI=1S/C9H17NO4.ClH/c1-8(2,3)9(10,7(13)14)5-4-6(11)12;/h4-5,10H2,1-3H3,(H,11,12)(H,13,14);1H/t9-;/m1./s1. The third-order valence-electron chi connectivity index (χ3n) is 2.45. The number of halogens is 1. The van der Waals surface area contributed by atoms with Gasteiger partial charge in [0.25, 0.3) is 0 Å². The summed E-state index contributed by atoms with van der Waals surface area (Å²) in [6.45, 7) is 5.05. The van der Waals surface area contributed by atoms with Crippen molar-refractivity contribution in [3.05, 3.63) is 0 Å². The van der Waals surface area contributed by atoms with Crippen molar-refractivity contribution in [2.75, 3.05) is 0 Å². The number of hydrogen-bond acceptors (Lipinski definition) is 3. The second-order valence-corrected chi connectivity index (χ2v) is 4.42. The van der Waals surface area contributed by atoms with Crippen molar-refractivity contribution in [3.8, 4) is 0 Å². The monoisotopic (exact) mass is 239 g/mol. The number of carboxylic acid groups (broad SMARTS) is 2. The molecular weight excluding hydrogens is 222 g/mol. The average Bonchev–Trinajstić information content (AvgIpc) is 1.97. The highest BCUT2D eigenvalue weighted by atomic mass is 35.5. The highest BCUT2D eigenvalue weighted by Crippen LogP contribution is 2.32. The summed E-state index contributed by atoms with van der Waals surface area (Å²) < 4.78 is 0. The van der Waals surface area contributed by atoms with Crippen LogP contribution in [0.2, 0.25) is 0 Å². The Morgan fingerprint density at radius 1 is 1.20 bits per heavy atom. The zero-order chi connectivity index (χ0) is 11.6. The van der Waals surface area contributed by atoms with Crippen LogP contribution in [-0.4, -0.2) is 27.7 Å². The largest absolute Gasteiger partial charge is 0.481 e. The molecule has 6 heteroatoms. The molecule has 0 saturated heterocycles. The van der Waals surface area contributed by atoms with E-state index in [-0.39, 0.29) is 25.2 Å². The van der Waals surface area contributed by atoms with Crippen LogP contribution in [0.15, 0.2) is 0 Å². The van der Waals surface area contributed by atoms with Crippen LogP contribution in [0.1, 0.15) is 33.6 Å². The van der Waals surface area contributed by atoms with Gasteiger partial charge in [0.2, 0.25) is 0 Å². The summed E-state index contributed by atoms with van der Waals surface area (Å²) in [6.07, 6.45) is -0.304. The lowest BCUT2D eigenvalue weighted by atomic mass is 9.71. The van der Waals surface area contributed by atoms with Gasteiger partial charge in [-0.2, -0.15) is 0 Å². The lowest BCUT2D eigenvalue weighted by Crippen LogP contribution is -2.57. The van der Waals surface area contributed by atoms with Gasteiger partial charge in [-0.05, 0) is 11.8 Å². The maximum absolute atomic E-state index is 11.0. The van der Waals surface area contributed by atoms with Crippen molar-refractivity contribution in [2.45, 2.75) is 39.2 Å². The van der Waals surface area contributed by atoms with Gasteiger partial charge in [-0.3, -0.25) is 9.59 Å². The third-order valence-corrected chi connectivity index (χ3v) is 2.45. The molecular formula is C9H18ClNO4. The van der Waals surface area contributed by atoms with Crippen LogP contribution >= 0.6 is 12.4 Å². The van der Waals surface area contributed by atoms with Gasteiger partial charge >= 0.3 is 11.9 Å². The number of rotatable bonds is 4. The van der Waals surface area contributed by atoms with Gasteiger partial charge in [-0.15, -0.1) is 12.4 Å². The summed E-state index contributed by atoms with van der Waals surface area (Å²) in [5, 5.41) is 17.4. The first-order chi connectivity index (χ1) is 6.11. The maximum atomic E-state index is 11.0. The highest BCUT2D eigenvalue weighted by molar-refractivity contribution is 5.85. The first kappa shape index (κ1) is 16.6. The van der Waals surface area contributed by atoms with E-state index in [2.05, 4.69) is 0 Å². The van der Waals surface area contributed by atoms with E-state index < -0.39 is 22.9 Å². The Morgan fingerprint density at radius 3 is 1.80 bits per heavy atom. The Balaban J connectivity index is 0. The molecule has 5 nitrogen and oxygen atoms in total. The van der Waals surface area contributed by atoms with E-state index >= 15 is 0 Å². The Hall–Kier alpha value is -0.810. The number of hydrogen-bond donors (Lipinski definition) is 3. The number of aliphatic carboxylic acids is 2. The first-order valence-corrected chi connectivity index (χ1v) is 4.35. The Bertz CT molecular complexity index is 249. The van der Waals surface area contributed by atoms with Crippen LogP contribution in [0.3, 0.4) is 0 Å². The SMILES string of the molecule is CC(C)(C)[C@@](N)(CCC(=O)O)C(=O)O.Cl. The predicted molar refractivity (Wildman–Crippen MR) is 58.1 cm³/mol. The van der Waals surface area contributed by atoms with Crippen LogP contribution in [0.25, 0.3) is 0 Å². The molecule has 0 aromatic heterocycles. The van der Waals surface area contributed by atoms with Crippen molar-refractivity contribution in [1.29, 1.82) is 0 Å². The van der Waals surface area contributed by atoms with E-state index in [9.17, 15) is 9.59 Å². The number of carbonyl (C=O) groups is 2. The van der Waals surface area contributed by atoms with Gasteiger partial charge in [0, 0.05) is 6.42 Å². The smallest absolute Gasteiger partial charge is 0.324 e. The molecule has 0 saturated carbocycles. The average molecular weight is 240 g/mol. The molecule has 0 aromatic rings. The van der Waals surface area contributed by atoms with Crippen molar-refractivity contribution in [1.82, 2.24) is 0 Å². The normalized spacial score (nSPS) is 14.9. The topological polar surface area (TPSA) is 101 Å². The van der Waals surface area contributed by atoms with E-state index in [4.69, 9.17) is 15.9 Å². The van der Waals surface area contributed by atoms with Gasteiger partial charge in [0.15, 0.2) is 0 Å². The summed E-state index contributed by atoms with van der Waals surface area (Å²) in [7, 11) is 0. The lowest BCUT2D eigenvalue weighted by molar-refractivity contribution is -0.149. The van der Waals surface area contributed by atoms with Gasteiger partial charge in [0.1, 0.15) is 5.54 Å². The van der Waals surface area contributed by atoms with E-state index in [0.717, 1.165) is 0 Å². The molecule has 0 aliphatic carbocycles. The quantitative estimate of drug-likeness (QED) is 0.682. The van der Waals surface area contributed by atoms with Crippen molar-refractivity contribution in [3.63, 3.8) is 0 Å². The van der Waals surface area contributed by atoms with Gasteiger partial charge in [-0.1, -0.05) is 20.8 Å². The molecule has 4 N–H and O–H groups in total. The number of nitrogens with two attached hydrogens (primary N) is 1. The molecule has 0 bridgehead atoms. The summed E-state index contributed by atoms with van der Waals surface area (Å²) >= 11 is 0. The molecule has 0 radical (unpaired) electrons.